The number of aryl methyl sites for hydroxylation is 2. The molecule has 2 nitrogen and oxygen atoms in total. The van der Waals surface area contributed by atoms with Gasteiger partial charge in [0.05, 0.1) is 5.56 Å². The molecule has 0 aliphatic carbocycles. The molecule has 0 saturated heterocycles. The number of benzene rings is 2. The number of carbonyl (C=O) groups excluding carboxylic acids is 1. The van der Waals surface area contributed by atoms with Crippen molar-refractivity contribution < 1.29 is 9.53 Å². The van der Waals surface area contributed by atoms with Crippen LogP contribution in [-0.4, -0.2) is 5.97 Å². The minimum absolute atomic E-state index is 0.316. The zero-order valence-electron chi connectivity index (χ0n) is 10.9. The van der Waals surface area contributed by atoms with Crippen LogP contribution >= 0.6 is 0 Å². The van der Waals surface area contributed by atoms with Crippen LogP contribution in [-0.2, 0) is 0 Å². The van der Waals surface area contributed by atoms with E-state index in [9.17, 15) is 4.79 Å². The summed E-state index contributed by atoms with van der Waals surface area (Å²) < 4.78 is 5.45. The van der Waals surface area contributed by atoms with Crippen molar-refractivity contribution in [2.75, 3.05) is 0 Å². The molecule has 0 radical (unpaired) electrons. The van der Waals surface area contributed by atoms with Gasteiger partial charge >= 0.3 is 5.97 Å². The molecule has 2 aromatic rings. The van der Waals surface area contributed by atoms with Crippen molar-refractivity contribution in [3.63, 3.8) is 0 Å². The van der Waals surface area contributed by atoms with E-state index in [1.54, 1.807) is 12.1 Å². The number of esters is 1. The normalized spacial score (nSPS) is 10.2. The molecular formula is C16H16O2. The molecule has 0 bridgehead atoms. The van der Waals surface area contributed by atoms with Gasteiger partial charge in [0.15, 0.2) is 0 Å². The van der Waals surface area contributed by atoms with Gasteiger partial charge in [0.2, 0.25) is 0 Å². The van der Waals surface area contributed by atoms with Crippen molar-refractivity contribution in [3.05, 3.63) is 64.7 Å². The van der Waals surface area contributed by atoms with Gasteiger partial charge in [0.25, 0.3) is 0 Å². The van der Waals surface area contributed by atoms with Gasteiger partial charge in [0.1, 0.15) is 5.75 Å². The van der Waals surface area contributed by atoms with Crippen molar-refractivity contribution in [1.82, 2.24) is 0 Å². The second kappa shape index (κ2) is 5.05. The van der Waals surface area contributed by atoms with Crippen LogP contribution in [0.3, 0.4) is 0 Å². The van der Waals surface area contributed by atoms with Crippen molar-refractivity contribution in [2.45, 2.75) is 20.8 Å². The molecule has 0 fully saturated rings. The molecule has 18 heavy (non-hydrogen) atoms. The molecule has 0 N–H and O–H groups in total. The maximum Gasteiger partial charge on any atom is 0.343 e. The third kappa shape index (κ3) is 2.59. The highest BCUT2D eigenvalue weighted by Gasteiger charge is 2.11. The van der Waals surface area contributed by atoms with Crippen molar-refractivity contribution in [1.29, 1.82) is 0 Å². The van der Waals surface area contributed by atoms with Gasteiger partial charge in [-0.15, -0.1) is 0 Å². The predicted molar refractivity (Wildman–Crippen MR) is 72.1 cm³/mol. The minimum atomic E-state index is -0.316. The molecule has 0 heterocycles. The summed E-state index contributed by atoms with van der Waals surface area (Å²) in [5.41, 5.74) is 3.79. The zero-order valence-corrected chi connectivity index (χ0v) is 10.9. The van der Waals surface area contributed by atoms with Crippen molar-refractivity contribution in [2.24, 2.45) is 0 Å². The molecule has 0 amide bonds. The van der Waals surface area contributed by atoms with E-state index in [1.165, 1.54) is 0 Å². The highest BCUT2D eigenvalue weighted by molar-refractivity contribution is 5.91. The largest absolute Gasteiger partial charge is 0.423 e. The molecule has 2 aromatic carbocycles. The average molecular weight is 240 g/mol. The minimum Gasteiger partial charge on any atom is -0.423 e. The highest BCUT2D eigenvalue weighted by Crippen LogP contribution is 2.24. The van der Waals surface area contributed by atoms with E-state index in [2.05, 4.69) is 6.07 Å². The Bertz CT molecular complexity index is 571. The van der Waals surface area contributed by atoms with Crippen LogP contribution in [0.1, 0.15) is 27.0 Å². The molecule has 0 saturated carbocycles. The first kappa shape index (κ1) is 12.4. The topological polar surface area (TPSA) is 26.3 Å². The molecular weight excluding hydrogens is 224 g/mol. The van der Waals surface area contributed by atoms with E-state index < -0.39 is 0 Å². The van der Waals surface area contributed by atoms with Crippen LogP contribution < -0.4 is 4.74 Å². The molecule has 0 aliphatic rings. The fourth-order valence-electron chi connectivity index (χ4n) is 1.84. The Balaban J connectivity index is 2.28. The summed E-state index contributed by atoms with van der Waals surface area (Å²) >= 11 is 0. The lowest BCUT2D eigenvalue weighted by molar-refractivity contribution is 0.0733. The van der Waals surface area contributed by atoms with Crippen LogP contribution in [0.15, 0.2) is 42.5 Å². The molecule has 0 aliphatic heterocycles. The lowest BCUT2D eigenvalue weighted by Crippen LogP contribution is -2.09. The predicted octanol–water partition coefficient (Wildman–Crippen LogP) is 3.83. The van der Waals surface area contributed by atoms with E-state index in [0.717, 1.165) is 16.7 Å². The molecule has 2 heteroatoms. The van der Waals surface area contributed by atoms with Gasteiger partial charge in [-0.25, -0.2) is 4.79 Å². The van der Waals surface area contributed by atoms with Crippen LogP contribution in [0.2, 0.25) is 0 Å². The Kier molecular flexibility index (Phi) is 3.47. The van der Waals surface area contributed by atoms with Gasteiger partial charge in [0, 0.05) is 0 Å². The van der Waals surface area contributed by atoms with Crippen LogP contribution in [0.5, 0.6) is 5.75 Å². The summed E-state index contributed by atoms with van der Waals surface area (Å²) in [4.78, 5) is 12.0. The van der Waals surface area contributed by atoms with E-state index in [4.69, 9.17) is 4.74 Å². The van der Waals surface area contributed by atoms with Crippen molar-refractivity contribution >= 4 is 5.97 Å². The molecule has 0 aromatic heterocycles. The quantitative estimate of drug-likeness (QED) is 0.589. The Morgan fingerprint density at radius 3 is 2.33 bits per heavy atom. The first-order valence-corrected chi connectivity index (χ1v) is 5.93. The Morgan fingerprint density at radius 1 is 1.00 bits per heavy atom. The monoisotopic (exact) mass is 240 g/mol. The SMILES string of the molecule is Cc1cc(C)c(C)c(OC(=O)c2ccccc2)c1. The molecule has 0 unspecified atom stereocenters. The second-order valence-corrected chi connectivity index (χ2v) is 4.46. The van der Waals surface area contributed by atoms with Gasteiger partial charge < -0.3 is 4.74 Å². The second-order valence-electron chi connectivity index (χ2n) is 4.46. The van der Waals surface area contributed by atoms with E-state index in [0.29, 0.717) is 11.3 Å². The van der Waals surface area contributed by atoms with Crippen LogP contribution in [0.25, 0.3) is 0 Å². The molecule has 92 valence electrons. The number of hydrogen-bond donors (Lipinski definition) is 0. The van der Waals surface area contributed by atoms with E-state index >= 15 is 0 Å². The highest BCUT2D eigenvalue weighted by atomic mass is 16.5. The maximum absolute atomic E-state index is 12.0. The smallest absolute Gasteiger partial charge is 0.343 e. The Morgan fingerprint density at radius 2 is 1.67 bits per heavy atom. The number of ether oxygens (including phenoxy) is 1. The van der Waals surface area contributed by atoms with Crippen LogP contribution in [0, 0.1) is 20.8 Å². The third-order valence-corrected chi connectivity index (χ3v) is 2.98. The fourth-order valence-corrected chi connectivity index (χ4v) is 1.84. The van der Waals surface area contributed by atoms with E-state index in [-0.39, 0.29) is 5.97 Å². The summed E-state index contributed by atoms with van der Waals surface area (Å²) in [7, 11) is 0. The van der Waals surface area contributed by atoms with Gasteiger partial charge in [-0.1, -0.05) is 24.3 Å². The molecule has 0 atom stereocenters. The number of hydrogen-bond acceptors (Lipinski definition) is 2. The Hall–Kier alpha value is -2.09. The lowest BCUT2D eigenvalue weighted by atomic mass is 10.1. The summed E-state index contributed by atoms with van der Waals surface area (Å²) in [6.07, 6.45) is 0. The standard InChI is InChI=1S/C16H16O2/c1-11-9-12(2)13(3)15(10-11)18-16(17)14-7-5-4-6-8-14/h4-10H,1-3H3. The zero-order chi connectivity index (χ0) is 13.1. The summed E-state index contributed by atoms with van der Waals surface area (Å²) in [6.45, 7) is 5.97. The van der Waals surface area contributed by atoms with Gasteiger partial charge in [-0.05, 0) is 55.7 Å². The first-order chi connectivity index (χ1) is 8.58. The number of rotatable bonds is 2. The molecule has 0 spiro atoms. The summed E-state index contributed by atoms with van der Waals surface area (Å²) in [5, 5.41) is 0. The average Bonchev–Trinajstić information content (AvgIpc) is 2.36. The Labute approximate surface area is 107 Å². The van der Waals surface area contributed by atoms with Crippen LogP contribution in [0.4, 0.5) is 0 Å². The van der Waals surface area contributed by atoms with Gasteiger partial charge in [-0.3, -0.25) is 0 Å². The van der Waals surface area contributed by atoms with E-state index in [1.807, 2.05) is 45.0 Å². The summed E-state index contributed by atoms with van der Waals surface area (Å²) in [6, 6.07) is 13.0. The third-order valence-electron chi connectivity index (χ3n) is 2.98. The first-order valence-electron chi connectivity index (χ1n) is 5.93. The molecule has 2 rings (SSSR count). The van der Waals surface area contributed by atoms with Crippen molar-refractivity contribution in [3.8, 4) is 5.75 Å². The number of carbonyl (C=O) groups is 1. The van der Waals surface area contributed by atoms with Gasteiger partial charge in [-0.2, -0.15) is 0 Å². The lowest BCUT2D eigenvalue weighted by Gasteiger charge is -2.10. The maximum atomic E-state index is 12.0. The summed E-state index contributed by atoms with van der Waals surface area (Å²) in [5.74, 6) is 0.324. The fraction of sp³-hybridized carbons (Fsp3) is 0.188.